The van der Waals surface area contributed by atoms with E-state index < -0.39 is 35.6 Å². The molecular formula is C28H34FN5O6S. The highest BCUT2D eigenvalue weighted by molar-refractivity contribution is 7.19. The van der Waals surface area contributed by atoms with Crippen LogP contribution >= 0.6 is 11.3 Å². The van der Waals surface area contributed by atoms with Gasteiger partial charge in [0.15, 0.2) is 0 Å². The molecule has 2 aliphatic heterocycles. The Morgan fingerprint density at radius 1 is 1.32 bits per heavy atom. The van der Waals surface area contributed by atoms with E-state index in [1.807, 2.05) is 0 Å². The first-order valence-corrected chi connectivity index (χ1v) is 14.1. The number of aliphatic hydroxyl groups is 1. The van der Waals surface area contributed by atoms with Crippen molar-refractivity contribution in [2.24, 2.45) is 5.73 Å². The number of anilines is 1. The van der Waals surface area contributed by atoms with Crippen LogP contribution < -0.4 is 15.4 Å². The van der Waals surface area contributed by atoms with E-state index in [2.05, 4.69) is 5.10 Å². The van der Waals surface area contributed by atoms with Crippen LogP contribution in [-0.2, 0) is 14.3 Å². The molecule has 0 aliphatic carbocycles. The van der Waals surface area contributed by atoms with Crippen LogP contribution in [0.1, 0.15) is 54.3 Å². The van der Waals surface area contributed by atoms with Crippen molar-refractivity contribution in [2.45, 2.75) is 57.7 Å². The zero-order valence-corrected chi connectivity index (χ0v) is 24.2. The molecule has 5 rings (SSSR count). The number of aliphatic hydroxyl groups excluding tert-OH is 1. The number of thiophene rings is 1. The summed E-state index contributed by atoms with van der Waals surface area (Å²) >= 11 is 1.27. The van der Waals surface area contributed by atoms with Gasteiger partial charge in [0.25, 0.3) is 5.91 Å². The van der Waals surface area contributed by atoms with Gasteiger partial charge >= 0.3 is 0 Å². The molecule has 0 bridgehead atoms. The summed E-state index contributed by atoms with van der Waals surface area (Å²) in [5.41, 5.74) is 5.57. The molecule has 1 saturated heterocycles. The molecule has 1 aromatic carbocycles. The van der Waals surface area contributed by atoms with Crippen LogP contribution in [0, 0.1) is 12.7 Å². The normalized spacial score (nSPS) is 18.9. The highest BCUT2D eigenvalue weighted by Crippen LogP contribution is 2.45. The minimum absolute atomic E-state index is 0.00244. The third kappa shape index (κ3) is 5.30. The Hall–Kier alpha value is -3.52. The van der Waals surface area contributed by atoms with Crippen LogP contribution in [0.5, 0.6) is 5.75 Å². The lowest BCUT2D eigenvalue weighted by Gasteiger charge is -2.48. The summed E-state index contributed by atoms with van der Waals surface area (Å²) < 4.78 is 33.8. The number of ether oxygens (including phenoxy) is 3. The van der Waals surface area contributed by atoms with Crippen molar-refractivity contribution in [1.29, 1.82) is 0 Å². The summed E-state index contributed by atoms with van der Waals surface area (Å²) in [5, 5.41) is 17.2. The molecule has 0 radical (unpaired) electrons. The summed E-state index contributed by atoms with van der Waals surface area (Å²) in [6.07, 6.45) is 2.12. The van der Waals surface area contributed by atoms with Gasteiger partial charge in [-0.25, -0.2) is 9.07 Å². The lowest BCUT2D eigenvalue weighted by atomic mass is 9.97. The fourth-order valence-corrected chi connectivity index (χ4v) is 6.52. The fraction of sp³-hybridized carbons (Fsp3) is 0.464. The van der Waals surface area contributed by atoms with Crippen molar-refractivity contribution >= 4 is 28.2 Å². The maximum absolute atomic E-state index is 14.6. The van der Waals surface area contributed by atoms with E-state index in [1.54, 1.807) is 35.0 Å². The number of primary amides is 1. The van der Waals surface area contributed by atoms with E-state index in [1.165, 1.54) is 50.5 Å². The standard InChI is InChI=1S/C28H34FN5O6S/c1-16-22-23(35)34(28(2,3)26(30)36)27(37)32(25(22)41-24(16)33-11-5-10-31-33)15-21(40-18-8-12-39-13-9-18)19-14-17(29)6-7-20(19)38-4/h5-7,10-11,14,18,21,27,37H,8-9,12-13,15H2,1-4H3,(H2,30,36)/t21-,27?/m0/s1. The first-order valence-electron chi connectivity index (χ1n) is 13.3. The zero-order valence-electron chi connectivity index (χ0n) is 23.4. The van der Waals surface area contributed by atoms with Gasteiger partial charge in [-0.15, -0.1) is 0 Å². The Labute approximate surface area is 241 Å². The predicted molar refractivity (Wildman–Crippen MR) is 150 cm³/mol. The number of amides is 2. The van der Waals surface area contributed by atoms with Crippen molar-refractivity contribution in [3.05, 3.63) is 59.2 Å². The smallest absolute Gasteiger partial charge is 0.261 e. The molecule has 13 heteroatoms. The highest BCUT2D eigenvalue weighted by Gasteiger charge is 2.49. The second-order valence-electron chi connectivity index (χ2n) is 10.6. The second-order valence-corrected chi connectivity index (χ2v) is 11.6. The van der Waals surface area contributed by atoms with Crippen LogP contribution in [0.4, 0.5) is 9.39 Å². The Bertz CT molecular complexity index is 1420. The number of halogens is 1. The van der Waals surface area contributed by atoms with Gasteiger partial charge in [-0.2, -0.15) is 5.10 Å². The molecule has 0 spiro atoms. The number of aromatic nitrogens is 2. The third-order valence-corrected chi connectivity index (χ3v) is 8.97. The number of hydrogen-bond donors (Lipinski definition) is 2. The lowest BCUT2D eigenvalue weighted by Crippen LogP contribution is -2.66. The minimum atomic E-state index is -1.58. The molecule has 2 amide bonds. The van der Waals surface area contributed by atoms with Crippen LogP contribution in [-0.4, -0.2) is 76.5 Å². The van der Waals surface area contributed by atoms with Crippen LogP contribution in [0.15, 0.2) is 36.7 Å². The average molecular weight is 588 g/mol. The molecule has 3 N–H and O–H groups in total. The average Bonchev–Trinajstić information content (AvgIpc) is 3.59. The summed E-state index contributed by atoms with van der Waals surface area (Å²) in [7, 11) is 1.49. The number of fused-ring (bicyclic) bond motifs is 1. The number of nitrogens with two attached hydrogens (primary N) is 1. The largest absolute Gasteiger partial charge is 0.496 e. The first kappa shape index (κ1) is 29.0. The van der Waals surface area contributed by atoms with Crippen molar-refractivity contribution in [3.8, 4) is 10.8 Å². The van der Waals surface area contributed by atoms with Crippen LogP contribution in [0.2, 0.25) is 0 Å². The number of nitrogens with zero attached hydrogens (tertiary/aromatic N) is 4. The molecular weight excluding hydrogens is 553 g/mol. The minimum Gasteiger partial charge on any atom is -0.496 e. The van der Waals surface area contributed by atoms with E-state index in [4.69, 9.17) is 19.9 Å². The van der Waals surface area contributed by atoms with Gasteiger partial charge in [-0.1, -0.05) is 11.3 Å². The van der Waals surface area contributed by atoms with Crippen molar-refractivity contribution < 1.29 is 33.3 Å². The topological polar surface area (TPSA) is 132 Å². The quantitative estimate of drug-likeness (QED) is 0.390. The number of carbonyl (C=O) groups is 2. The Morgan fingerprint density at radius 3 is 2.68 bits per heavy atom. The van der Waals surface area contributed by atoms with E-state index >= 15 is 0 Å². The third-order valence-electron chi connectivity index (χ3n) is 7.65. The van der Waals surface area contributed by atoms with E-state index in [-0.39, 0.29) is 12.6 Å². The monoisotopic (exact) mass is 587 g/mol. The molecule has 1 fully saturated rings. The summed E-state index contributed by atoms with van der Waals surface area (Å²) in [4.78, 5) is 29.1. The summed E-state index contributed by atoms with van der Waals surface area (Å²) in [6, 6.07) is 5.95. The van der Waals surface area contributed by atoms with E-state index in [9.17, 15) is 19.1 Å². The number of rotatable bonds is 9. The molecule has 220 valence electrons. The first-order chi connectivity index (χ1) is 19.5. The molecule has 2 aromatic heterocycles. The maximum atomic E-state index is 14.6. The molecule has 41 heavy (non-hydrogen) atoms. The van der Waals surface area contributed by atoms with Crippen molar-refractivity contribution in [3.63, 3.8) is 0 Å². The second kappa shape index (κ2) is 11.4. The number of benzene rings is 1. The Balaban J connectivity index is 1.64. The number of methoxy groups -OCH3 is 1. The maximum Gasteiger partial charge on any atom is 0.261 e. The van der Waals surface area contributed by atoms with Gasteiger partial charge in [0.2, 0.25) is 12.3 Å². The Morgan fingerprint density at radius 2 is 2.05 bits per heavy atom. The molecule has 3 aromatic rings. The molecule has 2 aliphatic rings. The highest BCUT2D eigenvalue weighted by atomic mass is 32.1. The van der Waals surface area contributed by atoms with Gasteiger partial charge in [-0.05, 0) is 57.9 Å². The Kier molecular flexibility index (Phi) is 8.06. The summed E-state index contributed by atoms with van der Waals surface area (Å²) in [6.45, 7) is 5.83. The molecule has 0 saturated carbocycles. The van der Waals surface area contributed by atoms with Crippen molar-refractivity contribution in [1.82, 2.24) is 14.7 Å². The summed E-state index contributed by atoms with van der Waals surface area (Å²) in [5.74, 6) is -1.37. The van der Waals surface area contributed by atoms with Crippen LogP contribution in [0.25, 0.3) is 5.00 Å². The van der Waals surface area contributed by atoms with Gasteiger partial charge in [0.1, 0.15) is 33.2 Å². The fourth-order valence-electron chi connectivity index (χ4n) is 5.25. The number of carbonyl (C=O) groups excluding carboxylic acids is 2. The van der Waals surface area contributed by atoms with Gasteiger partial charge < -0.3 is 30.0 Å². The molecule has 11 nitrogen and oxygen atoms in total. The van der Waals surface area contributed by atoms with Gasteiger partial charge in [0.05, 0.1) is 25.3 Å². The van der Waals surface area contributed by atoms with Crippen molar-refractivity contribution in [2.75, 3.05) is 31.8 Å². The van der Waals surface area contributed by atoms with Gasteiger partial charge in [0, 0.05) is 36.7 Å². The lowest BCUT2D eigenvalue weighted by molar-refractivity contribution is -0.133. The molecule has 4 heterocycles. The van der Waals surface area contributed by atoms with Gasteiger partial charge in [-0.3, -0.25) is 14.5 Å². The predicted octanol–water partition coefficient (Wildman–Crippen LogP) is 3.13. The van der Waals surface area contributed by atoms with E-state index in [0.717, 1.165) is 4.90 Å². The number of hydrogen-bond acceptors (Lipinski definition) is 9. The van der Waals surface area contributed by atoms with E-state index in [0.29, 0.717) is 58.5 Å². The molecule has 2 atom stereocenters. The van der Waals surface area contributed by atoms with Crippen LogP contribution in [0.3, 0.4) is 0 Å². The molecule has 1 unspecified atom stereocenters. The zero-order chi connectivity index (χ0) is 29.5. The SMILES string of the molecule is COc1ccc(F)cc1[C@H](CN1c2sc(-n3cccn3)c(C)c2C(=O)N(C(C)(C)C(N)=O)C1O)OC1CCOCC1.